The molecule has 0 saturated heterocycles. The average molecular weight is 512 g/mol. The quantitative estimate of drug-likeness (QED) is 0.303. The third-order valence-electron chi connectivity index (χ3n) is 5.76. The summed E-state index contributed by atoms with van der Waals surface area (Å²) in [5.41, 5.74) is 1.09. The average Bonchev–Trinajstić information content (AvgIpc) is 3.24. The van der Waals surface area contributed by atoms with Crippen LogP contribution in [0.1, 0.15) is 24.4 Å². The molecule has 2 aromatic carbocycles. The zero-order valence-corrected chi connectivity index (χ0v) is 19.6. The van der Waals surface area contributed by atoms with Crippen molar-refractivity contribution in [3.05, 3.63) is 82.5 Å². The molecule has 0 spiro atoms. The van der Waals surface area contributed by atoms with Crippen LogP contribution in [0.2, 0.25) is 0 Å². The van der Waals surface area contributed by atoms with E-state index in [1.54, 1.807) is 13.1 Å². The molecule has 0 aliphatic rings. The molecule has 3 heterocycles. The maximum Gasteiger partial charge on any atom is 0.422 e. The van der Waals surface area contributed by atoms with Crippen molar-refractivity contribution in [3.63, 3.8) is 0 Å². The number of hydrogen-bond acceptors (Lipinski definition) is 6. The van der Waals surface area contributed by atoms with E-state index in [1.165, 1.54) is 42.7 Å². The molecule has 12 heteroatoms. The molecular formula is C25H20F4N6O2. The number of aromatic nitrogens is 5. The first-order valence-electron chi connectivity index (χ1n) is 11.2. The summed E-state index contributed by atoms with van der Waals surface area (Å²) in [5, 5.41) is 3.74. The number of nitrogens with one attached hydrogen (secondary N) is 2. The number of H-pyrrole nitrogens is 1. The van der Waals surface area contributed by atoms with Crippen LogP contribution < -0.4 is 15.6 Å². The molecular weight excluding hydrogens is 492 g/mol. The Morgan fingerprint density at radius 2 is 1.92 bits per heavy atom. The van der Waals surface area contributed by atoms with E-state index in [4.69, 9.17) is 4.74 Å². The van der Waals surface area contributed by atoms with Gasteiger partial charge in [0, 0.05) is 12.3 Å². The van der Waals surface area contributed by atoms with Gasteiger partial charge in [0.25, 0.3) is 5.56 Å². The summed E-state index contributed by atoms with van der Waals surface area (Å²) in [7, 11) is 0. The minimum absolute atomic E-state index is 0.109. The minimum atomic E-state index is -4.54. The van der Waals surface area contributed by atoms with E-state index in [1.807, 2.05) is 6.92 Å². The highest BCUT2D eigenvalue weighted by Gasteiger charge is 2.28. The van der Waals surface area contributed by atoms with Crippen LogP contribution in [0.3, 0.4) is 0 Å². The number of nitrogens with zero attached hydrogens (tertiary/aromatic N) is 4. The molecule has 0 bridgehead atoms. The van der Waals surface area contributed by atoms with E-state index in [0.717, 1.165) is 21.6 Å². The van der Waals surface area contributed by atoms with Crippen molar-refractivity contribution in [2.24, 2.45) is 0 Å². The van der Waals surface area contributed by atoms with Gasteiger partial charge in [0.05, 0.1) is 22.6 Å². The van der Waals surface area contributed by atoms with Gasteiger partial charge in [0.1, 0.15) is 40.6 Å². The van der Waals surface area contributed by atoms with Crippen LogP contribution >= 0.6 is 0 Å². The Labute approximate surface area is 207 Å². The van der Waals surface area contributed by atoms with Crippen LogP contribution in [-0.2, 0) is 0 Å². The van der Waals surface area contributed by atoms with E-state index in [-0.39, 0.29) is 28.2 Å². The molecule has 2 N–H and O–H groups in total. The number of hydrogen-bond donors (Lipinski definition) is 2. The van der Waals surface area contributed by atoms with E-state index in [9.17, 15) is 22.4 Å². The fourth-order valence-electron chi connectivity index (χ4n) is 4.12. The molecule has 0 aliphatic carbocycles. The fourth-order valence-corrected chi connectivity index (χ4v) is 4.12. The maximum atomic E-state index is 14.7. The Bertz CT molecular complexity index is 1680. The first kappa shape index (κ1) is 24.2. The molecule has 190 valence electrons. The van der Waals surface area contributed by atoms with Gasteiger partial charge in [0.15, 0.2) is 6.61 Å². The largest absolute Gasteiger partial charge is 0.484 e. The fraction of sp³-hybridized carbons (Fsp3) is 0.200. The van der Waals surface area contributed by atoms with Gasteiger partial charge in [-0.25, -0.2) is 19.3 Å². The summed E-state index contributed by atoms with van der Waals surface area (Å²) >= 11 is 0. The van der Waals surface area contributed by atoms with Crippen molar-refractivity contribution in [2.75, 3.05) is 11.9 Å². The number of benzene rings is 2. The Morgan fingerprint density at radius 3 is 2.70 bits per heavy atom. The van der Waals surface area contributed by atoms with Gasteiger partial charge in [0.2, 0.25) is 0 Å². The lowest BCUT2D eigenvalue weighted by atomic mass is 10.2. The van der Waals surface area contributed by atoms with Gasteiger partial charge in [-0.05, 0) is 43.7 Å². The first-order chi connectivity index (χ1) is 17.6. The molecule has 3 aromatic heterocycles. The second-order valence-corrected chi connectivity index (χ2v) is 8.43. The molecule has 0 radical (unpaired) electrons. The lowest BCUT2D eigenvalue weighted by molar-refractivity contribution is -0.153. The number of fused-ring (bicyclic) bond motifs is 2. The summed E-state index contributed by atoms with van der Waals surface area (Å²) in [6.07, 6.45) is -1.37. The smallest absolute Gasteiger partial charge is 0.422 e. The second-order valence-electron chi connectivity index (χ2n) is 8.43. The van der Waals surface area contributed by atoms with Crippen LogP contribution in [0.4, 0.5) is 23.4 Å². The number of anilines is 1. The highest BCUT2D eigenvalue weighted by molar-refractivity contribution is 5.90. The molecule has 0 unspecified atom stereocenters. The Balaban J connectivity index is 1.65. The van der Waals surface area contributed by atoms with Crippen LogP contribution in [0.25, 0.3) is 27.6 Å². The molecule has 0 fully saturated rings. The zero-order chi connectivity index (χ0) is 26.3. The second kappa shape index (κ2) is 9.19. The number of aryl methyl sites for hydroxylation is 1. The summed E-state index contributed by atoms with van der Waals surface area (Å²) in [4.78, 5) is 29.7. The van der Waals surface area contributed by atoms with Gasteiger partial charge in [-0.3, -0.25) is 9.36 Å². The van der Waals surface area contributed by atoms with E-state index < -0.39 is 30.2 Å². The van der Waals surface area contributed by atoms with Gasteiger partial charge in [-0.15, -0.1) is 0 Å². The number of alkyl halides is 3. The third kappa shape index (κ3) is 4.69. The van der Waals surface area contributed by atoms with E-state index in [2.05, 4.69) is 25.3 Å². The van der Waals surface area contributed by atoms with E-state index >= 15 is 0 Å². The van der Waals surface area contributed by atoms with Crippen LogP contribution in [-0.4, -0.2) is 37.3 Å². The normalized spacial score (nSPS) is 12.7. The number of aromatic amines is 1. The van der Waals surface area contributed by atoms with Gasteiger partial charge >= 0.3 is 6.18 Å². The summed E-state index contributed by atoms with van der Waals surface area (Å²) < 4.78 is 58.8. The highest BCUT2D eigenvalue weighted by atomic mass is 19.4. The zero-order valence-electron chi connectivity index (χ0n) is 19.6. The van der Waals surface area contributed by atoms with Crippen molar-refractivity contribution >= 4 is 27.8 Å². The SMILES string of the molecule is Cc1c[nH]c2ncnc(N[C@@H](C)c3nc4cccc(F)c4c(=O)n3-c3cccc(OCC(F)(F)F)c3)c12. The summed E-state index contributed by atoms with van der Waals surface area (Å²) in [6.45, 7) is 2.13. The highest BCUT2D eigenvalue weighted by Crippen LogP contribution is 2.28. The Morgan fingerprint density at radius 1 is 1.14 bits per heavy atom. The lowest BCUT2D eigenvalue weighted by Crippen LogP contribution is -2.28. The predicted molar refractivity (Wildman–Crippen MR) is 130 cm³/mol. The van der Waals surface area contributed by atoms with Crippen LogP contribution in [0, 0.1) is 12.7 Å². The molecule has 0 saturated carbocycles. The molecule has 1 atom stereocenters. The van der Waals surface area contributed by atoms with Crippen molar-refractivity contribution in [1.82, 2.24) is 24.5 Å². The molecule has 5 rings (SSSR count). The lowest BCUT2D eigenvalue weighted by Gasteiger charge is -2.21. The summed E-state index contributed by atoms with van der Waals surface area (Å²) in [5.74, 6) is -0.196. The van der Waals surface area contributed by atoms with Crippen LogP contribution in [0.5, 0.6) is 5.75 Å². The Hall–Kier alpha value is -4.48. The standard InChI is InChI=1S/C25H20F4N6O2/c1-13-10-30-21-19(13)22(32-12-31-21)33-14(2)23-34-18-8-4-7-17(26)20(18)24(36)35(23)15-5-3-6-16(9-15)37-11-25(27,28)29/h3-10,12,14H,11H2,1-2H3,(H2,30,31,32,33)/t14-/m0/s1. The first-order valence-corrected chi connectivity index (χ1v) is 11.2. The predicted octanol–water partition coefficient (Wildman–Crippen LogP) is 5.22. The van der Waals surface area contributed by atoms with E-state index in [0.29, 0.717) is 11.5 Å². The number of halogens is 4. The van der Waals surface area contributed by atoms with Crippen molar-refractivity contribution in [2.45, 2.75) is 26.1 Å². The molecule has 8 nitrogen and oxygen atoms in total. The Kier molecular flexibility index (Phi) is 6.02. The third-order valence-corrected chi connectivity index (χ3v) is 5.76. The van der Waals surface area contributed by atoms with Gasteiger partial charge in [-0.1, -0.05) is 12.1 Å². The number of ether oxygens (including phenoxy) is 1. The number of rotatable bonds is 6. The topological polar surface area (TPSA) is 97.7 Å². The van der Waals surface area contributed by atoms with Crippen molar-refractivity contribution in [3.8, 4) is 11.4 Å². The van der Waals surface area contributed by atoms with Crippen LogP contribution in [0.15, 0.2) is 59.8 Å². The molecule has 0 aliphatic heterocycles. The van der Waals surface area contributed by atoms with Crippen molar-refractivity contribution < 1.29 is 22.3 Å². The monoisotopic (exact) mass is 512 g/mol. The minimum Gasteiger partial charge on any atom is -0.484 e. The van der Waals surface area contributed by atoms with Gasteiger partial charge < -0.3 is 15.0 Å². The summed E-state index contributed by atoms with van der Waals surface area (Å²) in [6, 6.07) is 9.02. The molecule has 5 aromatic rings. The molecule has 0 amide bonds. The van der Waals surface area contributed by atoms with Crippen molar-refractivity contribution in [1.29, 1.82) is 0 Å². The molecule has 37 heavy (non-hydrogen) atoms. The maximum absolute atomic E-state index is 14.7. The van der Waals surface area contributed by atoms with Gasteiger partial charge in [-0.2, -0.15) is 13.2 Å².